The van der Waals surface area contributed by atoms with Gasteiger partial charge in [0.15, 0.2) is 5.82 Å². The van der Waals surface area contributed by atoms with Gasteiger partial charge in [-0.3, -0.25) is 5.41 Å². The first-order valence-corrected chi connectivity index (χ1v) is 6.13. The van der Waals surface area contributed by atoms with Crippen molar-refractivity contribution < 1.29 is 0 Å². The quantitative estimate of drug-likeness (QED) is 0.585. The highest BCUT2D eigenvalue weighted by molar-refractivity contribution is 5.99. The average molecular weight is 248 g/mol. The summed E-state index contributed by atoms with van der Waals surface area (Å²) in [6, 6.07) is 1.74. The van der Waals surface area contributed by atoms with Crippen LogP contribution in [0.4, 0.5) is 5.82 Å². The lowest BCUT2D eigenvalue weighted by Crippen LogP contribution is -2.30. The van der Waals surface area contributed by atoms with Crippen LogP contribution in [0.15, 0.2) is 12.3 Å². The van der Waals surface area contributed by atoms with Crippen molar-refractivity contribution in [2.45, 2.75) is 6.42 Å². The first kappa shape index (κ1) is 12.8. The Balaban J connectivity index is 2.09. The Kier molecular flexibility index (Phi) is 3.76. The van der Waals surface area contributed by atoms with Crippen molar-refractivity contribution in [3.8, 4) is 0 Å². The van der Waals surface area contributed by atoms with Gasteiger partial charge < -0.3 is 15.5 Å². The zero-order valence-corrected chi connectivity index (χ0v) is 10.9. The first-order chi connectivity index (χ1) is 8.58. The molecule has 0 bridgehead atoms. The van der Waals surface area contributed by atoms with Crippen LogP contribution in [0.3, 0.4) is 0 Å². The molecule has 3 N–H and O–H groups in total. The van der Waals surface area contributed by atoms with Crippen LogP contribution in [0, 0.1) is 11.3 Å². The summed E-state index contributed by atoms with van der Waals surface area (Å²) in [6.07, 6.45) is 2.77. The zero-order valence-electron chi connectivity index (χ0n) is 10.9. The smallest absolute Gasteiger partial charge is 0.162 e. The SMILES string of the molecule is CN1CCC(CN(C)c2nnccc2C(=N)N)C1. The van der Waals surface area contributed by atoms with Crippen LogP contribution in [-0.4, -0.2) is 54.7 Å². The van der Waals surface area contributed by atoms with E-state index in [-0.39, 0.29) is 5.84 Å². The van der Waals surface area contributed by atoms with Gasteiger partial charge in [0, 0.05) is 20.1 Å². The predicted octanol–water partition coefficient (Wildman–Crippen LogP) is 0.149. The van der Waals surface area contributed by atoms with E-state index in [4.69, 9.17) is 11.1 Å². The molecule has 6 nitrogen and oxygen atoms in total. The zero-order chi connectivity index (χ0) is 13.1. The van der Waals surface area contributed by atoms with Gasteiger partial charge in [0.25, 0.3) is 0 Å². The van der Waals surface area contributed by atoms with E-state index >= 15 is 0 Å². The van der Waals surface area contributed by atoms with Gasteiger partial charge in [-0.1, -0.05) is 0 Å². The Bertz CT molecular complexity index is 432. The number of aromatic nitrogens is 2. The summed E-state index contributed by atoms with van der Waals surface area (Å²) in [4.78, 5) is 4.38. The monoisotopic (exact) mass is 248 g/mol. The summed E-state index contributed by atoms with van der Waals surface area (Å²) in [5.41, 5.74) is 6.21. The van der Waals surface area contributed by atoms with E-state index in [1.165, 1.54) is 6.42 Å². The molecule has 1 fully saturated rings. The molecule has 6 heteroatoms. The molecule has 1 aromatic heterocycles. The van der Waals surface area contributed by atoms with E-state index < -0.39 is 0 Å². The summed E-state index contributed by atoms with van der Waals surface area (Å²) >= 11 is 0. The molecule has 1 atom stereocenters. The van der Waals surface area contributed by atoms with E-state index in [0.717, 1.165) is 19.6 Å². The Labute approximate surface area is 107 Å². The van der Waals surface area contributed by atoms with Gasteiger partial charge in [-0.15, -0.1) is 5.10 Å². The molecule has 0 saturated carbocycles. The topological polar surface area (TPSA) is 82.1 Å². The highest BCUT2D eigenvalue weighted by atomic mass is 15.3. The first-order valence-electron chi connectivity index (χ1n) is 6.13. The van der Waals surface area contributed by atoms with E-state index in [1.807, 2.05) is 11.9 Å². The molecular formula is C12H20N6. The molecule has 0 amide bonds. The second kappa shape index (κ2) is 5.30. The second-order valence-corrected chi connectivity index (χ2v) is 4.98. The fourth-order valence-corrected chi connectivity index (χ4v) is 2.47. The number of nitrogens with one attached hydrogen (secondary N) is 1. The van der Waals surface area contributed by atoms with E-state index in [9.17, 15) is 0 Å². The molecule has 1 aliphatic rings. The van der Waals surface area contributed by atoms with Crippen LogP contribution in [0.1, 0.15) is 12.0 Å². The predicted molar refractivity (Wildman–Crippen MR) is 71.9 cm³/mol. The number of nitrogens with two attached hydrogens (primary N) is 1. The van der Waals surface area contributed by atoms with Crippen molar-refractivity contribution in [2.24, 2.45) is 11.7 Å². The number of anilines is 1. The third-order valence-electron chi connectivity index (χ3n) is 3.37. The maximum atomic E-state index is 7.56. The van der Waals surface area contributed by atoms with E-state index in [0.29, 0.717) is 17.3 Å². The molecule has 1 unspecified atom stereocenters. The molecule has 0 spiro atoms. The van der Waals surface area contributed by atoms with Crippen LogP contribution >= 0.6 is 0 Å². The standard InChI is InChI=1S/C12H20N6/c1-17-6-4-9(7-17)8-18(2)12-10(11(13)14)3-5-15-16-12/h3,5,9H,4,6-8H2,1-2H3,(H3,13,14). The maximum Gasteiger partial charge on any atom is 0.162 e. The van der Waals surface area contributed by atoms with Crippen molar-refractivity contribution in [3.63, 3.8) is 0 Å². The Morgan fingerprint density at radius 1 is 1.67 bits per heavy atom. The Hall–Kier alpha value is -1.69. The Morgan fingerprint density at radius 3 is 3.06 bits per heavy atom. The average Bonchev–Trinajstić information content (AvgIpc) is 2.74. The minimum atomic E-state index is 0.0373. The number of amidine groups is 1. The van der Waals surface area contributed by atoms with Gasteiger partial charge in [-0.25, -0.2) is 0 Å². The summed E-state index contributed by atoms with van der Waals surface area (Å²) in [7, 11) is 4.12. The number of hydrogen-bond acceptors (Lipinski definition) is 5. The lowest BCUT2D eigenvalue weighted by Gasteiger charge is -2.23. The highest BCUT2D eigenvalue weighted by Gasteiger charge is 2.22. The molecule has 1 aliphatic heterocycles. The normalized spacial score (nSPS) is 20.0. The molecule has 2 heterocycles. The maximum absolute atomic E-state index is 7.56. The number of nitrogen functional groups attached to an aromatic ring is 1. The van der Waals surface area contributed by atoms with Crippen molar-refractivity contribution in [1.82, 2.24) is 15.1 Å². The summed E-state index contributed by atoms with van der Waals surface area (Å²) in [5.74, 6) is 1.37. The van der Waals surface area contributed by atoms with Crippen LogP contribution < -0.4 is 10.6 Å². The van der Waals surface area contributed by atoms with Crippen molar-refractivity contribution >= 4 is 11.7 Å². The largest absolute Gasteiger partial charge is 0.384 e. The van der Waals surface area contributed by atoms with Crippen LogP contribution in [0.2, 0.25) is 0 Å². The third-order valence-corrected chi connectivity index (χ3v) is 3.37. The molecule has 18 heavy (non-hydrogen) atoms. The van der Waals surface area contributed by atoms with Crippen LogP contribution in [-0.2, 0) is 0 Å². The lowest BCUT2D eigenvalue weighted by atomic mass is 10.1. The number of likely N-dealkylation sites (tertiary alicyclic amines) is 1. The highest BCUT2D eigenvalue weighted by Crippen LogP contribution is 2.20. The van der Waals surface area contributed by atoms with Crippen LogP contribution in [0.5, 0.6) is 0 Å². The number of hydrogen-bond donors (Lipinski definition) is 2. The van der Waals surface area contributed by atoms with E-state index in [1.54, 1.807) is 12.3 Å². The minimum Gasteiger partial charge on any atom is -0.384 e. The van der Waals surface area contributed by atoms with Gasteiger partial charge in [-0.2, -0.15) is 5.10 Å². The Morgan fingerprint density at radius 2 is 2.44 bits per heavy atom. The number of nitrogens with zero attached hydrogens (tertiary/aromatic N) is 4. The minimum absolute atomic E-state index is 0.0373. The summed E-state index contributed by atoms with van der Waals surface area (Å²) in [6.45, 7) is 3.18. The van der Waals surface area contributed by atoms with E-state index in [2.05, 4.69) is 22.1 Å². The molecule has 0 aromatic carbocycles. The molecule has 0 radical (unpaired) electrons. The molecule has 1 saturated heterocycles. The molecule has 0 aliphatic carbocycles. The van der Waals surface area contributed by atoms with Crippen molar-refractivity contribution in [1.29, 1.82) is 5.41 Å². The van der Waals surface area contributed by atoms with Crippen molar-refractivity contribution in [3.05, 3.63) is 17.8 Å². The molecular weight excluding hydrogens is 228 g/mol. The van der Waals surface area contributed by atoms with Crippen LogP contribution in [0.25, 0.3) is 0 Å². The second-order valence-electron chi connectivity index (χ2n) is 4.98. The van der Waals surface area contributed by atoms with Gasteiger partial charge in [0.05, 0.1) is 11.8 Å². The number of rotatable bonds is 4. The van der Waals surface area contributed by atoms with Gasteiger partial charge >= 0.3 is 0 Å². The summed E-state index contributed by atoms with van der Waals surface area (Å²) < 4.78 is 0. The molecule has 1 aromatic rings. The molecule has 2 rings (SSSR count). The summed E-state index contributed by atoms with van der Waals surface area (Å²) in [5, 5.41) is 15.5. The van der Waals surface area contributed by atoms with Gasteiger partial charge in [0.2, 0.25) is 0 Å². The van der Waals surface area contributed by atoms with Gasteiger partial charge in [0.1, 0.15) is 5.84 Å². The van der Waals surface area contributed by atoms with Crippen molar-refractivity contribution in [2.75, 3.05) is 38.6 Å². The molecule has 98 valence electrons. The third kappa shape index (κ3) is 2.76. The fourth-order valence-electron chi connectivity index (χ4n) is 2.47. The van der Waals surface area contributed by atoms with Gasteiger partial charge in [-0.05, 0) is 32.0 Å². The fraction of sp³-hybridized carbons (Fsp3) is 0.583. The lowest BCUT2D eigenvalue weighted by molar-refractivity contribution is 0.395.